The Labute approximate surface area is 398 Å². The molecule has 2 aliphatic carbocycles. The summed E-state index contributed by atoms with van der Waals surface area (Å²) < 4.78 is 11.4. The highest BCUT2D eigenvalue weighted by molar-refractivity contribution is 6.21. The number of furan rings is 1. The van der Waals surface area contributed by atoms with Gasteiger partial charge in [0, 0.05) is 66.2 Å². The minimum atomic E-state index is -0.248. The first-order valence-electron chi connectivity index (χ1n) is 24.0. The number of allylic oxidation sites excluding steroid dienone is 7. The highest BCUT2D eigenvalue weighted by Crippen LogP contribution is 2.45. The van der Waals surface area contributed by atoms with Gasteiger partial charge in [-0.3, -0.25) is 0 Å². The van der Waals surface area contributed by atoms with Gasteiger partial charge in [0.05, 0.1) is 27.8 Å². The predicted molar refractivity (Wildman–Crippen MR) is 287 cm³/mol. The van der Waals surface area contributed by atoms with E-state index >= 15 is 0 Å². The summed E-state index contributed by atoms with van der Waals surface area (Å²) in [6, 6.07) is 63.7. The average molecular weight is 888 g/mol. The molecule has 69 heavy (non-hydrogen) atoms. The normalized spacial score (nSPS) is 17.0. The quantitative estimate of drug-likeness (QED) is 0.173. The lowest BCUT2D eigenvalue weighted by molar-refractivity contribution is 0.475. The number of benzene rings is 8. The summed E-state index contributed by atoms with van der Waals surface area (Å²) in [5, 5.41) is 11.0. The Kier molecular flexibility index (Phi) is 9.12. The fourth-order valence-electron chi connectivity index (χ4n) is 11.1. The zero-order valence-electron chi connectivity index (χ0n) is 37.8. The lowest BCUT2D eigenvalue weighted by Gasteiger charge is -2.29. The highest BCUT2D eigenvalue weighted by atomic mass is 16.3. The van der Waals surface area contributed by atoms with E-state index in [0.717, 1.165) is 97.1 Å². The topological polar surface area (TPSA) is 59.8 Å². The van der Waals surface area contributed by atoms with Crippen LogP contribution in [0.2, 0.25) is 0 Å². The van der Waals surface area contributed by atoms with Crippen molar-refractivity contribution in [2.75, 3.05) is 0 Å². The molecule has 2 atom stereocenters. The van der Waals surface area contributed by atoms with Gasteiger partial charge in [0.25, 0.3) is 0 Å². The second-order valence-corrected chi connectivity index (χ2v) is 18.4. The maximum atomic E-state index is 6.40. The number of hydrogen-bond donors (Lipinski definition) is 1. The molecule has 2 unspecified atom stereocenters. The van der Waals surface area contributed by atoms with Crippen LogP contribution in [0.4, 0.5) is 0 Å². The van der Waals surface area contributed by atoms with Crippen LogP contribution in [-0.2, 0) is 0 Å². The third-order valence-electron chi connectivity index (χ3n) is 14.3. The summed E-state index contributed by atoms with van der Waals surface area (Å²) in [5.41, 5.74) is 15.2. The summed E-state index contributed by atoms with van der Waals surface area (Å²) in [6.07, 6.45) is 18.2. The number of aliphatic imine (C=N–C) groups is 2. The van der Waals surface area contributed by atoms with E-state index in [1.807, 2.05) is 12.1 Å². The molecule has 1 aliphatic heterocycles. The molecule has 0 radical (unpaired) electrons. The second kappa shape index (κ2) is 16.0. The van der Waals surface area contributed by atoms with Gasteiger partial charge in [-0.15, -0.1) is 0 Å². The first kappa shape index (κ1) is 39.4. The van der Waals surface area contributed by atoms with Crippen LogP contribution in [0, 0.1) is 5.92 Å². The van der Waals surface area contributed by atoms with Crippen molar-refractivity contribution in [3.05, 3.63) is 230 Å². The van der Waals surface area contributed by atoms with Crippen LogP contribution in [0.3, 0.4) is 0 Å². The Morgan fingerprint density at radius 1 is 0.493 bits per heavy atom. The number of aromatic nitrogens is 2. The molecule has 328 valence electrons. The summed E-state index contributed by atoms with van der Waals surface area (Å²) in [7, 11) is 0. The molecular formula is C63H45N5O. The molecular weight excluding hydrogens is 843 g/mol. The predicted octanol–water partition coefficient (Wildman–Crippen LogP) is 15.6. The zero-order valence-corrected chi connectivity index (χ0v) is 37.8. The third kappa shape index (κ3) is 6.47. The number of hydrogen-bond acceptors (Lipinski definition) is 4. The number of fused-ring (bicyclic) bond motifs is 9. The van der Waals surface area contributed by atoms with Crippen molar-refractivity contribution >= 4 is 82.9 Å². The van der Waals surface area contributed by atoms with Gasteiger partial charge in [-0.2, -0.15) is 0 Å². The van der Waals surface area contributed by atoms with E-state index in [2.05, 4.69) is 221 Å². The van der Waals surface area contributed by atoms with Gasteiger partial charge in [0.1, 0.15) is 23.2 Å². The van der Waals surface area contributed by atoms with E-state index in [-0.39, 0.29) is 12.1 Å². The van der Waals surface area contributed by atoms with Crippen LogP contribution < -0.4 is 5.32 Å². The summed E-state index contributed by atoms with van der Waals surface area (Å²) in [4.78, 5) is 10.8. The Morgan fingerprint density at radius 3 is 1.81 bits per heavy atom. The molecule has 6 heteroatoms. The molecule has 14 rings (SSSR count). The Morgan fingerprint density at radius 2 is 1.13 bits per heavy atom. The number of amidine groups is 2. The summed E-state index contributed by atoms with van der Waals surface area (Å²) in [6.45, 7) is 0. The standard InChI is InChI=1S/C63H45N5O/c1-5-19-40(20-6-1)50-35-44(63-65-61(42-23-9-3-10-24-42)64-62(66-63)43-33-34-49-48-29-15-18-32-58(48)69-59(49)37-43)36-51(41-21-7-2-8-22-41)60(50)68-55-31-17-14-28-47(55)53-38-56-52(39-57(53)68)46-27-13-16-30-54(46)67(56)45-25-11-4-12-26-45/h1-11,13-23,25,27-39,42,61H,12,24,26H2,(H,64,65,66). The monoisotopic (exact) mass is 887 g/mol. The molecule has 3 aromatic heterocycles. The van der Waals surface area contributed by atoms with Crippen molar-refractivity contribution in [3.8, 4) is 27.9 Å². The fourth-order valence-corrected chi connectivity index (χ4v) is 11.1. The molecule has 4 heterocycles. The Bertz CT molecular complexity index is 4020. The molecule has 11 aromatic rings. The minimum absolute atomic E-state index is 0.137. The lowest BCUT2D eigenvalue weighted by Crippen LogP contribution is -2.43. The summed E-state index contributed by atoms with van der Waals surface area (Å²) in [5.74, 6) is 1.59. The maximum Gasteiger partial charge on any atom is 0.159 e. The molecule has 0 saturated carbocycles. The van der Waals surface area contributed by atoms with Gasteiger partial charge < -0.3 is 18.9 Å². The Hall–Kier alpha value is -8.74. The van der Waals surface area contributed by atoms with E-state index in [9.17, 15) is 0 Å². The molecule has 0 amide bonds. The summed E-state index contributed by atoms with van der Waals surface area (Å²) >= 11 is 0. The van der Waals surface area contributed by atoms with Gasteiger partial charge in [-0.25, -0.2) is 9.98 Å². The largest absolute Gasteiger partial charge is 0.456 e. The lowest BCUT2D eigenvalue weighted by atomic mass is 9.91. The van der Waals surface area contributed by atoms with E-state index in [4.69, 9.17) is 14.4 Å². The van der Waals surface area contributed by atoms with Gasteiger partial charge in [0.2, 0.25) is 0 Å². The molecule has 3 aliphatic rings. The molecule has 0 saturated heterocycles. The van der Waals surface area contributed by atoms with Crippen molar-refractivity contribution in [2.24, 2.45) is 15.9 Å². The van der Waals surface area contributed by atoms with Crippen molar-refractivity contribution in [2.45, 2.75) is 25.4 Å². The van der Waals surface area contributed by atoms with Crippen LogP contribution in [0.1, 0.15) is 30.4 Å². The SMILES string of the molecule is C1=CCCC(n2c3ccccc3c3cc4c(cc32)c2ccccc2n4-c2c(-c3ccccc3)cc(C3=NC(c4ccc5c(c4)oc4ccccc45)=NC(C4C=CC=CC4)N3)cc2-c2ccccc2)=C1. The van der Waals surface area contributed by atoms with Crippen molar-refractivity contribution < 1.29 is 4.42 Å². The minimum Gasteiger partial charge on any atom is -0.456 e. The third-order valence-corrected chi connectivity index (χ3v) is 14.3. The number of nitrogens with zero attached hydrogens (tertiary/aromatic N) is 4. The fraction of sp³-hybridized carbons (Fsp3) is 0.0794. The molecule has 0 spiro atoms. The molecule has 1 N–H and O–H groups in total. The van der Waals surface area contributed by atoms with Crippen molar-refractivity contribution in [1.82, 2.24) is 14.5 Å². The number of rotatable bonds is 7. The van der Waals surface area contributed by atoms with Gasteiger partial charge >= 0.3 is 0 Å². The van der Waals surface area contributed by atoms with Crippen molar-refractivity contribution in [1.29, 1.82) is 0 Å². The first-order chi connectivity index (χ1) is 34.2. The van der Waals surface area contributed by atoms with E-state index in [1.165, 1.54) is 38.3 Å². The number of para-hydroxylation sites is 3. The zero-order chi connectivity index (χ0) is 45.4. The van der Waals surface area contributed by atoms with Crippen molar-refractivity contribution in [3.63, 3.8) is 0 Å². The van der Waals surface area contributed by atoms with Crippen LogP contribution >= 0.6 is 0 Å². The van der Waals surface area contributed by atoms with Crippen LogP contribution in [0.5, 0.6) is 0 Å². The first-order valence-corrected chi connectivity index (χ1v) is 24.0. The molecule has 0 bridgehead atoms. The van der Waals surface area contributed by atoms with E-state index < -0.39 is 0 Å². The van der Waals surface area contributed by atoms with Gasteiger partial charge in [0.15, 0.2) is 5.84 Å². The molecule has 0 fully saturated rings. The smallest absolute Gasteiger partial charge is 0.159 e. The Balaban J connectivity index is 1.03. The van der Waals surface area contributed by atoms with Crippen LogP contribution in [-0.4, -0.2) is 27.0 Å². The molecule has 6 nitrogen and oxygen atoms in total. The van der Waals surface area contributed by atoms with Gasteiger partial charge in [-0.1, -0.05) is 158 Å². The van der Waals surface area contributed by atoms with Gasteiger partial charge in [-0.05, 0) is 91.1 Å². The highest BCUT2D eigenvalue weighted by Gasteiger charge is 2.29. The van der Waals surface area contributed by atoms with Crippen LogP contribution in [0.25, 0.3) is 99.2 Å². The maximum absolute atomic E-state index is 6.40. The van der Waals surface area contributed by atoms with E-state index in [0.29, 0.717) is 5.84 Å². The average Bonchev–Trinajstić information content (AvgIpc) is 4.07. The second-order valence-electron chi connectivity index (χ2n) is 18.4. The van der Waals surface area contributed by atoms with E-state index in [1.54, 1.807) is 0 Å². The number of nitrogens with one attached hydrogen (secondary N) is 1. The van der Waals surface area contributed by atoms with Crippen LogP contribution in [0.15, 0.2) is 233 Å². The molecule has 8 aromatic carbocycles.